The quantitative estimate of drug-likeness (QED) is 0.527. The molecule has 2 unspecified atom stereocenters. The van der Waals surface area contributed by atoms with Crippen LogP contribution in [0.4, 0.5) is 5.69 Å². The van der Waals surface area contributed by atoms with Gasteiger partial charge in [-0.05, 0) is 55.8 Å². The number of hydrogen-bond donors (Lipinski definition) is 3. The molecule has 36 heavy (non-hydrogen) atoms. The number of nitrogens with one attached hydrogen (secondary N) is 1. The summed E-state index contributed by atoms with van der Waals surface area (Å²) in [7, 11) is 0. The lowest BCUT2D eigenvalue weighted by atomic mass is 9.48. The van der Waals surface area contributed by atoms with Crippen molar-refractivity contribution in [3.05, 3.63) is 58.8 Å². The Morgan fingerprint density at radius 1 is 1.25 bits per heavy atom. The number of rotatable bonds is 3. The zero-order chi connectivity index (χ0) is 24.4. The molecule has 1 spiro atoms. The second-order valence-corrected chi connectivity index (χ2v) is 11.5. The molecule has 3 heterocycles. The number of aromatic hydroxyl groups is 1. The van der Waals surface area contributed by atoms with Crippen LogP contribution in [0.1, 0.15) is 54.7 Å². The van der Waals surface area contributed by atoms with E-state index in [1.807, 2.05) is 30.3 Å². The van der Waals surface area contributed by atoms with Crippen molar-refractivity contribution in [2.45, 2.75) is 62.2 Å². The van der Waals surface area contributed by atoms with Crippen LogP contribution in [-0.4, -0.2) is 50.7 Å². The van der Waals surface area contributed by atoms with Crippen molar-refractivity contribution in [1.82, 2.24) is 9.88 Å². The van der Waals surface area contributed by atoms with Gasteiger partial charge in [0.05, 0.1) is 27.9 Å². The van der Waals surface area contributed by atoms with Crippen LogP contribution in [0.15, 0.2) is 36.4 Å². The van der Waals surface area contributed by atoms with Crippen LogP contribution < -0.4 is 10.1 Å². The topological polar surface area (TPSA) is 94.9 Å². The van der Waals surface area contributed by atoms with E-state index in [4.69, 9.17) is 9.72 Å². The van der Waals surface area contributed by atoms with Crippen LogP contribution in [0.5, 0.6) is 11.5 Å². The standard InChI is InChI=1S/C29H29N3O4/c1-15(33)30-24-18-4-2-3-5-20(18)31-25-19(24)13-29(35)22-12-17-8-9-21(34)26-23(17)28(29,27(25)36-26)10-11-32(22)14-16-6-7-16/h2-5,8-9,16,22,27,34-35H,6-7,10-14H2,1H3,(H,30,31,33)/t22-,27?,28+,29?/m1/s1. The van der Waals surface area contributed by atoms with Gasteiger partial charge in [0.25, 0.3) is 0 Å². The van der Waals surface area contributed by atoms with E-state index in [1.165, 1.54) is 19.8 Å². The second-order valence-electron chi connectivity index (χ2n) is 11.5. The molecular weight excluding hydrogens is 454 g/mol. The molecule has 7 nitrogen and oxygen atoms in total. The van der Waals surface area contributed by atoms with Gasteiger partial charge in [0, 0.05) is 42.4 Å². The third-order valence-electron chi connectivity index (χ3n) is 9.53. The van der Waals surface area contributed by atoms with Crippen LogP contribution in [0.3, 0.4) is 0 Å². The van der Waals surface area contributed by atoms with Gasteiger partial charge in [-0.3, -0.25) is 9.69 Å². The van der Waals surface area contributed by atoms with E-state index in [-0.39, 0.29) is 17.7 Å². The second kappa shape index (κ2) is 6.78. The van der Waals surface area contributed by atoms with Gasteiger partial charge in [0.2, 0.25) is 5.91 Å². The van der Waals surface area contributed by atoms with Crippen LogP contribution in [0.25, 0.3) is 10.9 Å². The van der Waals surface area contributed by atoms with Gasteiger partial charge in [-0.15, -0.1) is 0 Å². The van der Waals surface area contributed by atoms with Crippen molar-refractivity contribution in [2.75, 3.05) is 18.4 Å². The summed E-state index contributed by atoms with van der Waals surface area (Å²) < 4.78 is 6.63. The Labute approximate surface area is 209 Å². The predicted molar refractivity (Wildman–Crippen MR) is 134 cm³/mol. The molecule has 1 aromatic heterocycles. The lowest BCUT2D eigenvalue weighted by Gasteiger charge is -2.63. The molecule has 184 valence electrons. The van der Waals surface area contributed by atoms with E-state index in [9.17, 15) is 15.0 Å². The summed E-state index contributed by atoms with van der Waals surface area (Å²) in [5.74, 6) is 1.17. The third kappa shape index (κ3) is 2.45. The average molecular weight is 484 g/mol. The number of ether oxygens (including phenoxy) is 1. The maximum Gasteiger partial charge on any atom is 0.221 e. The Morgan fingerprint density at radius 3 is 2.89 bits per heavy atom. The molecule has 1 saturated heterocycles. The van der Waals surface area contributed by atoms with Crippen molar-refractivity contribution < 1.29 is 19.7 Å². The van der Waals surface area contributed by atoms with Crippen LogP contribution >= 0.6 is 0 Å². The zero-order valence-electron chi connectivity index (χ0n) is 20.3. The lowest BCUT2D eigenvalue weighted by molar-refractivity contribution is -0.173. The Kier molecular flexibility index (Phi) is 3.95. The molecule has 8 rings (SSSR count). The van der Waals surface area contributed by atoms with E-state index in [0.717, 1.165) is 59.2 Å². The highest BCUT2D eigenvalue weighted by Crippen LogP contribution is 2.69. The van der Waals surface area contributed by atoms with Gasteiger partial charge in [0.15, 0.2) is 17.6 Å². The number of aromatic nitrogens is 1. The maximum absolute atomic E-state index is 12.9. The van der Waals surface area contributed by atoms with E-state index >= 15 is 0 Å². The Balaban J connectivity index is 1.42. The molecule has 1 saturated carbocycles. The van der Waals surface area contributed by atoms with Gasteiger partial charge in [-0.2, -0.15) is 0 Å². The molecule has 5 aliphatic rings. The molecule has 1 amide bonds. The SMILES string of the molecule is CC(=O)Nc1c2c(nc3ccccc13)C1Oc3c(O)ccc4c3[C@@]13CCN(CC1CC1)[C@H](C4)C3(O)C2. The predicted octanol–water partition coefficient (Wildman–Crippen LogP) is 3.60. The fourth-order valence-electron chi connectivity index (χ4n) is 7.91. The molecule has 0 radical (unpaired) electrons. The number of para-hydroxylation sites is 1. The number of likely N-dealkylation sites (tertiary alicyclic amines) is 1. The highest BCUT2D eigenvalue weighted by molar-refractivity contribution is 6.02. The van der Waals surface area contributed by atoms with Crippen molar-refractivity contribution >= 4 is 22.5 Å². The molecule has 3 aromatic rings. The molecule has 7 heteroatoms. The number of fused-ring (bicyclic) bond motifs is 3. The molecule has 2 bridgehead atoms. The van der Waals surface area contributed by atoms with Crippen molar-refractivity contribution in [1.29, 1.82) is 0 Å². The molecule has 4 atom stereocenters. The number of benzene rings is 2. The van der Waals surface area contributed by atoms with E-state index in [2.05, 4.69) is 10.2 Å². The first-order valence-electron chi connectivity index (χ1n) is 13.1. The number of phenols is 1. The van der Waals surface area contributed by atoms with Crippen LogP contribution in [-0.2, 0) is 23.1 Å². The fraction of sp³-hybridized carbons (Fsp3) is 0.448. The number of amides is 1. The number of carbonyl (C=O) groups excluding carboxylic acids is 1. The number of aliphatic hydroxyl groups is 1. The van der Waals surface area contributed by atoms with Gasteiger partial charge in [-0.25, -0.2) is 4.98 Å². The number of piperidine rings is 1. The fourth-order valence-corrected chi connectivity index (χ4v) is 7.91. The summed E-state index contributed by atoms with van der Waals surface area (Å²) in [5, 5.41) is 27.7. The maximum atomic E-state index is 12.9. The van der Waals surface area contributed by atoms with Crippen LogP contribution in [0, 0.1) is 5.92 Å². The highest BCUT2D eigenvalue weighted by Gasteiger charge is 2.73. The van der Waals surface area contributed by atoms with E-state index < -0.39 is 17.1 Å². The van der Waals surface area contributed by atoms with E-state index in [1.54, 1.807) is 6.07 Å². The van der Waals surface area contributed by atoms with E-state index in [0.29, 0.717) is 23.8 Å². The molecule has 2 aromatic carbocycles. The number of phenolic OH excluding ortho intramolecular Hbond substituents is 1. The summed E-state index contributed by atoms with van der Waals surface area (Å²) >= 11 is 0. The molecule has 3 aliphatic carbocycles. The highest BCUT2D eigenvalue weighted by atomic mass is 16.5. The first kappa shape index (κ1) is 21.0. The number of nitrogens with zero attached hydrogens (tertiary/aromatic N) is 2. The lowest BCUT2D eigenvalue weighted by Crippen LogP contribution is -2.74. The normalized spacial score (nSPS) is 31.5. The third-order valence-corrected chi connectivity index (χ3v) is 9.53. The smallest absolute Gasteiger partial charge is 0.221 e. The van der Waals surface area contributed by atoms with Crippen LogP contribution in [0.2, 0.25) is 0 Å². The van der Waals surface area contributed by atoms with Gasteiger partial charge in [-0.1, -0.05) is 24.3 Å². The minimum Gasteiger partial charge on any atom is -0.504 e. The average Bonchev–Trinajstić information content (AvgIpc) is 3.59. The largest absolute Gasteiger partial charge is 0.504 e. The molecule has 3 N–H and O–H groups in total. The molecule has 2 aliphatic heterocycles. The number of hydrogen-bond acceptors (Lipinski definition) is 6. The molecule has 2 fully saturated rings. The van der Waals surface area contributed by atoms with Crippen molar-refractivity contribution in [2.24, 2.45) is 5.92 Å². The Morgan fingerprint density at radius 2 is 2.08 bits per heavy atom. The number of pyridine rings is 1. The number of carbonyl (C=O) groups is 1. The summed E-state index contributed by atoms with van der Waals surface area (Å²) in [6, 6.07) is 11.5. The van der Waals surface area contributed by atoms with Gasteiger partial charge in [0.1, 0.15) is 0 Å². The first-order valence-corrected chi connectivity index (χ1v) is 13.1. The summed E-state index contributed by atoms with van der Waals surface area (Å²) in [4.78, 5) is 19.9. The van der Waals surface area contributed by atoms with Gasteiger partial charge < -0.3 is 20.3 Å². The minimum atomic E-state index is -1.11. The van der Waals surface area contributed by atoms with Crippen molar-refractivity contribution in [3.63, 3.8) is 0 Å². The summed E-state index contributed by atoms with van der Waals surface area (Å²) in [6.45, 7) is 3.41. The summed E-state index contributed by atoms with van der Waals surface area (Å²) in [6.07, 6.45) is 3.84. The zero-order valence-corrected chi connectivity index (χ0v) is 20.3. The Hall–Kier alpha value is -3.16. The van der Waals surface area contributed by atoms with Crippen molar-refractivity contribution in [3.8, 4) is 11.5 Å². The Bertz CT molecular complexity index is 1480. The molecular formula is C29H29N3O4. The monoisotopic (exact) mass is 483 g/mol. The number of anilines is 1. The minimum absolute atomic E-state index is 0.0641. The van der Waals surface area contributed by atoms with Gasteiger partial charge >= 0.3 is 0 Å². The summed E-state index contributed by atoms with van der Waals surface area (Å²) in [5.41, 5.74) is 3.44. The first-order chi connectivity index (χ1) is 17.4.